The quantitative estimate of drug-likeness (QED) is 0.337. The predicted molar refractivity (Wildman–Crippen MR) is 127 cm³/mol. The van der Waals surface area contributed by atoms with E-state index in [9.17, 15) is 27.2 Å². The summed E-state index contributed by atoms with van der Waals surface area (Å²) in [7, 11) is -4.31. The smallest absolute Gasteiger partial charge is 0.338 e. The number of ether oxygens (including phenoxy) is 1. The number of amides is 2. The van der Waals surface area contributed by atoms with E-state index in [1.165, 1.54) is 36.7 Å². The van der Waals surface area contributed by atoms with Crippen molar-refractivity contribution in [1.82, 2.24) is 9.29 Å². The minimum Gasteiger partial charge on any atom is -0.462 e. The molecule has 0 aliphatic carbocycles. The monoisotopic (exact) mass is 511 g/mol. The van der Waals surface area contributed by atoms with Gasteiger partial charge in [0.1, 0.15) is 11.9 Å². The highest BCUT2D eigenvalue weighted by Crippen LogP contribution is 2.31. The molecular formula is C25H22FN3O6S. The number of hydrogen-bond acceptors (Lipinski definition) is 7. The molecule has 0 radical (unpaired) electrons. The first-order chi connectivity index (χ1) is 17.2. The average molecular weight is 512 g/mol. The van der Waals surface area contributed by atoms with E-state index >= 15 is 0 Å². The highest BCUT2D eigenvalue weighted by Gasteiger charge is 2.47. The molecule has 4 rings (SSSR count). The molecule has 36 heavy (non-hydrogen) atoms. The number of halogens is 1. The number of hydrogen-bond donors (Lipinski definition) is 0. The van der Waals surface area contributed by atoms with Gasteiger partial charge in [-0.1, -0.05) is 6.07 Å². The fourth-order valence-corrected chi connectivity index (χ4v) is 5.42. The summed E-state index contributed by atoms with van der Waals surface area (Å²) in [5.41, 5.74) is 0.940. The maximum absolute atomic E-state index is 13.6. The predicted octanol–water partition coefficient (Wildman–Crippen LogP) is 2.92. The van der Waals surface area contributed by atoms with Crippen molar-refractivity contribution in [2.75, 3.05) is 11.5 Å². The van der Waals surface area contributed by atoms with Crippen LogP contribution in [0.2, 0.25) is 0 Å². The molecule has 0 spiro atoms. The van der Waals surface area contributed by atoms with Gasteiger partial charge in [-0.05, 0) is 67.1 Å². The second-order valence-electron chi connectivity index (χ2n) is 7.92. The van der Waals surface area contributed by atoms with Crippen molar-refractivity contribution in [2.45, 2.75) is 30.8 Å². The number of rotatable bonds is 8. The normalized spacial score (nSPS) is 16.0. The molecule has 2 amide bonds. The van der Waals surface area contributed by atoms with Crippen LogP contribution < -0.4 is 4.90 Å². The van der Waals surface area contributed by atoms with Gasteiger partial charge in [-0.3, -0.25) is 14.6 Å². The van der Waals surface area contributed by atoms with Crippen molar-refractivity contribution >= 4 is 33.5 Å². The van der Waals surface area contributed by atoms with Gasteiger partial charge in [-0.25, -0.2) is 22.5 Å². The van der Waals surface area contributed by atoms with Crippen molar-refractivity contribution in [3.05, 3.63) is 90.0 Å². The third kappa shape index (κ3) is 5.02. The van der Waals surface area contributed by atoms with Crippen molar-refractivity contribution in [3.63, 3.8) is 0 Å². The first kappa shape index (κ1) is 25.1. The lowest BCUT2D eigenvalue weighted by molar-refractivity contribution is -0.122. The van der Waals surface area contributed by atoms with Crippen LogP contribution in [-0.2, 0) is 30.9 Å². The third-order valence-corrected chi connectivity index (χ3v) is 7.46. The standard InChI is InChI=1S/C25H22FN3O6S/c1-2-35-25(32)18-5-9-20(10-6-18)29-23(30)14-22(24(29)31)28(16-17-4-3-13-27-15-17)36(33,34)21-11-7-19(26)8-12-21/h3-13,15,22H,2,14,16H2,1H3. The van der Waals surface area contributed by atoms with Gasteiger partial charge in [0.2, 0.25) is 15.9 Å². The molecule has 2 heterocycles. The zero-order valence-electron chi connectivity index (χ0n) is 19.2. The Bertz CT molecular complexity index is 1380. The number of carbonyl (C=O) groups is 3. The number of aromatic nitrogens is 1. The number of benzene rings is 2. The first-order valence-corrected chi connectivity index (χ1v) is 12.5. The Morgan fingerprint density at radius 2 is 1.81 bits per heavy atom. The van der Waals surface area contributed by atoms with E-state index in [0.29, 0.717) is 5.56 Å². The van der Waals surface area contributed by atoms with Crippen molar-refractivity contribution < 1.29 is 31.9 Å². The fourth-order valence-electron chi connectivity index (χ4n) is 3.85. The summed E-state index contributed by atoms with van der Waals surface area (Å²) >= 11 is 0. The van der Waals surface area contributed by atoms with Crippen LogP contribution in [0.3, 0.4) is 0 Å². The number of anilines is 1. The van der Waals surface area contributed by atoms with E-state index in [-0.39, 0.29) is 35.7 Å². The van der Waals surface area contributed by atoms with Crippen LogP contribution in [0.15, 0.2) is 78.0 Å². The number of nitrogens with zero attached hydrogens (tertiary/aromatic N) is 3. The van der Waals surface area contributed by atoms with Crippen LogP contribution in [-0.4, -0.2) is 48.1 Å². The Balaban J connectivity index is 1.68. The van der Waals surface area contributed by atoms with E-state index in [1.54, 1.807) is 19.1 Å². The molecule has 0 bridgehead atoms. The molecule has 1 aliphatic heterocycles. The summed E-state index contributed by atoms with van der Waals surface area (Å²) in [6.45, 7) is 1.64. The van der Waals surface area contributed by atoms with Gasteiger partial charge < -0.3 is 4.74 Å². The van der Waals surface area contributed by atoms with Gasteiger partial charge in [-0.2, -0.15) is 4.31 Å². The summed E-state index contributed by atoms with van der Waals surface area (Å²) in [5.74, 6) is -2.50. The SMILES string of the molecule is CCOC(=O)c1ccc(N2C(=O)CC(N(Cc3cccnc3)S(=O)(=O)c3ccc(F)cc3)C2=O)cc1. The van der Waals surface area contributed by atoms with Gasteiger partial charge in [0.25, 0.3) is 5.91 Å². The van der Waals surface area contributed by atoms with E-state index in [4.69, 9.17) is 4.74 Å². The van der Waals surface area contributed by atoms with Crippen molar-refractivity contribution in [2.24, 2.45) is 0 Å². The van der Waals surface area contributed by atoms with Gasteiger partial charge in [0, 0.05) is 18.9 Å². The Morgan fingerprint density at radius 3 is 2.42 bits per heavy atom. The number of esters is 1. The molecule has 1 aromatic heterocycles. The van der Waals surface area contributed by atoms with E-state index in [0.717, 1.165) is 33.5 Å². The molecule has 1 atom stereocenters. The van der Waals surface area contributed by atoms with Crippen LogP contribution in [0.25, 0.3) is 0 Å². The second-order valence-corrected chi connectivity index (χ2v) is 9.81. The number of imide groups is 1. The van der Waals surface area contributed by atoms with Gasteiger partial charge in [0.15, 0.2) is 0 Å². The Labute approximate surface area is 207 Å². The zero-order valence-corrected chi connectivity index (χ0v) is 20.0. The molecule has 0 N–H and O–H groups in total. The molecule has 0 saturated carbocycles. The molecular weight excluding hydrogens is 489 g/mol. The second kappa shape index (κ2) is 10.3. The molecule has 186 valence electrons. The summed E-state index contributed by atoms with van der Waals surface area (Å²) < 4.78 is 46.4. The minimum absolute atomic E-state index is 0.195. The summed E-state index contributed by atoms with van der Waals surface area (Å²) in [4.78, 5) is 42.9. The van der Waals surface area contributed by atoms with Gasteiger partial charge in [0.05, 0.1) is 29.2 Å². The van der Waals surface area contributed by atoms with Crippen LogP contribution in [0, 0.1) is 5.82 Å². The van der Waals surface area contributed by atoms with Crippen LogP contribution in [0.4, 0.5) is 10.1 Å². The fraction of sp³-hybridized carbons (Fsp3) is 0.200. The number of carbonyl (C=O) groups excluding carboxylic acids is 3. The Morgan fingerprint density at radius 1 is 1.11 bits per heavy atom. The molecule has 1 saturated heterocycles. The van der Waals surface area contributed by atoms with Crippen molar-refractivity contribution in [3.8, 4) is 0 Å². The maximum atomic E-state index is 13.6. The lowest BCUT2D eigenvalue weighted by Gasteiger charge is -2.27. The van der Waals surface area contributed by atoms with E-state index in [1.807, 2.05) is 0 Å². The molecule has 3 aromatic rings. The van der Waals surface area contributed by atoms with E-state index < -0.39 is 39.7 Å². The maximum Gasteiger partial charge on any atom is 0.338 e. The molecule has 1 fully saturated rings. The zero-order chi connectivity index (χ0) is 25.9. The number of sulfonamides is 1. The molecule has 9 nitrogen and oxygen atoms in total. The molecule has 11 heteroatoms. The van der Waals surface area contributed by atoms with Crippen LogP contribution in [0.5, 0.6) is 0 Å². The lowest BCUT2D eigenvalue weighted by atomic mass is 10.2. The summed E-state index contributed by atoms with van der Waals surface area (Å²) in [6.07, 6.45) is 2.59. The molecule has 1 aliphatic rings. The van der Waals surface area contributed by atoms with Gasteiger partial charge in [-0.15, -0.1) is 0 Å². The topological polar surface area (TPSA) is 114 Å². The van der Waals surface area contributed by atoms with Gasteiger partial charge >= 0.3 is 5.97 Å². The van der Waals surface area contributed by atoms with Crippen LogP contribution >= 0.6 is 0 Å². The lowest BCUT2D eigenvalue weighted by Crippen LogP contribution is -2.45. The summed E-state index contributed by atoms with van der Waals surface area (Å²) in [6, 6.07) is 11.8. The van der Waals surface area contributed by atoms with Crippen molar-refractivity contribution in [1.29, 1.82) is 0 Å². The first-order valence-electron chi connectivity index (χ1n) is 11.0. The van der Waals surface area contributed by atoms with Crippen LogP contribution in [0.1, 0.15) is 29.3 Å². The summed E-state index contributed by atoms with van der Waals surface area (Å²) in [5, 5.41) is 0. The molecule has 2 aromatic carbocycles. The largest absolute Gasteiger partial charge is 0.462 e. The number of pyridine rings is 1. The highest BCUT2D eigenvalue weighted by atomic mass is 32.2. The minimum atomic E-state index is -4.31. The Hall–Kier alpha value is -3.96. The molecule has 1 unspecified atom stereocenters. The Kier molecular flexibility index (Phi) is 7.22. The average Bonchev–Trinajstić information content (AvgIpc) is 3.16. The highest BCUT2D eigenvalue weighted by molar-refractivity contribution is 7.89. The van der Waals surface area contributed by atoms with E-state index in [2.05, 4.69) is 4.98 Å². The third-order valence-electron chi connectivity index (χ3n) is 5.59.